The van der Waals surface area contributed by atoms with E-state index in [9.17, 15) is 0 Å². The lowest BCUT2D eigenvalue weighted by Crippen LogP contribution is -2.11. The van der Waals surface area contributed by atoms with Crippen LogP contribution < -0.4 is 0 Å². The van der Waals surface area contributed by atoms with Crippen molar-refractivity contribution in [3.63, 3.8) is 0 Å². The van der Waals surface area contributed by atoms with Gasteiger partial charge in [0.15, 0.2) is 0 Å². The molecule has 0 spiro atoms. The number of benzene rings is 1. The molecule has 0 aliphatic heterocycles. The molecular weight excluding hydrogens is 282 g/mol. The Morgan fingerprint density at radius 3 is 2.35 bits per heavy atom. The Morgan fingerprint density at radius 1 is 0.826 bits per heavy atom. The lowest BCUT2D eigenvalue weighted by molar-refractivity contribution is 0.587. The third kappa shape index (κ3) is 2.20. The Balaban J connectivity index is 2.01. The molecule has 3 heterocycles. The maximum Gasteiger partial charge on any atom is 0.137 e. The van der Waals surface area contributed by atoms with Crippen molar-refractivity contribution in [1.82, 2.24) is 14.5 Å². The normalized spacial score (nSPS) is 12.1. The van der Waals surface area contributed by atoms with Gasteiger partial charge in [-0.05, 0) is 29.2 Å². The number of nitrogens with zero attached hydrogens (tertiary/aromatic N) is 3. The summed E-state index contributed by atoms with van der Waals surface area (Å²) in [5, 5.41) is 2.36. The third-order valence-corrected chi connectivity index (χ3v) is 4.32. The molecule has 0 unspecified atom stereocenters. The maximum absolute atomic E-state index is 4.73. The highest BCUT2D eigenvalue weighted by atomic mass is 15.1. The van der Waals surface area contributed by atoms with Gasteiger partial charge in [-0.3, -0.25) is 9.55 Å². The van der Waals surface area contributed by atoms with Gasteiger partial charge in [-0.1, -0.05) is 45.0 Å². The van der Waals surface area contributed by atoms with E-state index in [-0.39, 0.29) is 5.41 Å². The first-order chi connectivity index (χ1) is 11.1. The van der Waals surface area contributed by atoms with Gasteiger partial charge in [0, 0.05) is 29.4 Å². The van der Waals surface area contributed by atoms with Crippen molar-refractivity contribution in [2.24, 2.45) is 0 Å². The highest BCUT2D eigenvalue weighted by molar-refractivity contribution is 6.08. The second kappa shape index (κ2) is 4.92. The van der Waals surface area contributed by atoms with E-state index in [0.29, 0.717) is 0 Å². The highest BCUT2D eigenvalue weighted by Gasteiger charge is 2.16. The maximum atomic E-state index is 4.73. The van der Waals surface area contributed by atoms with Crippen LogP contribution in [0.1, 0.15) is 26.3 Å². The molecule has 0 radical (unpaired) electrons. The predicted octanol–water partition coefficient (Wildman–Crippen LogP) is 4.87. The summed E-state index contributed by atoms with van der Waals surface area (Å²) in [5.74, 6) is 0.940. The van der Waals surface area contributed by atoms with E-state index in [4.69, 9.17) is 4.98 Å². The topological polar surface area (TPSA) is 30.7 Å². The number of hydrogen-bond acceptors (Lipinski definition) is 2. The molecule has 114 valence electrons. The van der Waals surface area contributed by atoms with Crippen LogP contribution in [0.15, 0.2) is 61.1 Å². The van der Waals surface area contributed by atoms with Crippen molar-refractivity contribution in [2.45, 2.75) is 26.2 Å². The first kappa shape index (κ1) is 13.9. The van der Waals surface area contributed by atoms with Crippen LogP contribution in [0.25, 0.3) is 27.6 Å². The summed E-state index contributed by atoms with van der Waals surface area (Å²) in [6.45, 7) is 6.61. The van der Waals surface area contributed by atoms with Gasteiger partial charge in [0.05, 0.1) is 11.0 Å². The molecule has 0 aliphatic carbocycles. The first-order valence-electron chi connectivity index (χ1n) is 7.86. The van der Waals surface area contributed by atoms with Crippen molar-refractivity contribution in [2.75, 3.05) is 0 Å². The first-order valence-corrected chi connectivity index (χ1v) is 7.86. The van der Waals surface area contributed by atoms with E-state index in [1.165, 1.54) is 10.9 Å². The predicted molar refractivity (Wildman–Crippen MR) is 95.1 cm³/mol. The van der Waals surface area contributed by atoms with Gasteiger partial charge >= 0.3 is 0 Å². The number of pyridine rings is 2. The van der Waals surface area contributed by atoms with Crippen LogP contribution in [-0.2, 0) is 5.41 Å². The molecule has 0 saturated heterocycles. The molecule has 3 aromatic heterocycles. The minimum absolute atomic E-state index is 0.107. The Hall–Kier alpha value is -2.68. The van der Waals surface area contributed by atoms with Crippen molar-refractivity contribution >= 4 is 21.8 Å². The Kier molecular flexibility index (Phi) is 2.98. The number of hydrogen-bond donors (Lipinski definition) is 0. The lowest BCUT2D eigenvalue weighted by Gasteiger charge is -2.18. The van der Waals surface area contributed by atoms with Crippen LogP contribution in [-0.4, -0.2) is 14.5 Å². The van der Waals surface area contributed by atoms with E-state index in [2.05, 4.69) is 72.8 Å². The summed E-state index contributed by atoms with van der Waals surface area (Å²) >= 11 is 0. The number of rotatable bonds is 1. The van der Waals surface area contributed by atoms with Gasteiger partial charge in [0.25, 0.3) is 0 Å². The van der Waals surface area contributed by atoms with E-state index < -0.39 is 0 Å². The largest absolute Gasteiger partial charge is 0.294 e. The zero-order chi connectivity index (χ0) is 16.0. The molecule has 1 aromatic carbocycles. The fourth-order valence-electron chi connectivity index (χ4n) is 3.02. The fraction of sp³-hybridized carbons (Fsp3) is 0.200. The monoisotopic (exact) mass is 301 g/mol. The molecule has 0 aliphatic rings. The average Bonchev–Trinajstić information content (AvgIpc) is 2.89. The summed E-state index contributed by atoms with van der Waals surface area (Å²) in [7, 11) is 0. The minimum Gasteiger partial charge on any atom is -0.294 e. The summed E-state index contributed by atoms with van der Waals surface area (Å²) < 4.78 is 2.21. The van der Waals surface area contributed by atoms with E-state index in [1.807, 2.05) is 18.6 Å². The van der Waals surface area contributed by atoms with E-state index in [1.54, 1.807) is 0 Å². The average molecular weight is 301 g/mol. The molecular formula is C20H19N3. The van der Waals surface area contributed by atoms with Gasteiger partial charge in [-0.2, -0.15) is 0 Å². The van der Waals surface area contributed by atoms with Gasteiger partial charge < -0.3 is 0 Å². The molecule has 0 atom stereocenters. The molecule has 4 rings (SSSR count). The van der Waals surface area contributed by atoms with Gasteiger partial charge in [-0.25, -0.2) is 4.98 Å². The van der Waals surface area contributed by atoms with Crippen LogP contribution >= 0.6 is 0 Å². The second-order valence-corrected chi connectivity index (χ2v) is 6.90. The smallest absolute Gasteiger partial charge is 0.137 e. The quantitative estimate of drug-likeness (QED) is 0.502. The van der Waals surface area contributed by atoms with Crippen molar-refractivity contribution < 1.29 is 0 Å². The number of aromatic nitrogens is 3. The van der Waals surface area contributed by atoms with Crippen molar-refractivity contribution in [1.29, 1.82) is 0 Å². The SMILES string of the molecule is CC(C)(C)c1ccc(-n2c3ccccc3c3cnccc32)nc1. The standard InChI is InChI=1S/C20H19N3/c1-20(2,3)14-8-9-19(22-12-14)23-17-7-5-4-6-15(17)16-13-21-11-10-18(16)23/h4-13H,1-3H3. The van der Waals surface area contributed by atoms with Gasteiger partial charge in [-0.15, -0.1) is 0 Å². The van der Waals surface area contributed by atoms with Crippen LogP contribution in [0.5, 0.6) is 0 Å². The summed E-state index contributed by atoms with van der Waals surface area (Å²) in [6, 6.07) is 14.7. The molecule has 0 bridgehead atoms. The van der Waals surface area contributed by atoms with Crippen LogP contribution in [0.4, 0.5) is 0 Å². The van der Waals surface area contributed by atoms with Gasteiger partial charge in [0.1, 0.15) is 5.82 Å². The lowest BCUT2D eigenvalue weighted by atomic mass is 9.88. The highest BCUT2D eigenvalue weighted by Crippen LogP contribution is 2.31. The van der Waals surface area contributed by atoms with Crippen molar-refractivity contribution in [3.05, 3.63) is 66.6 Å². The molecule has 3 heteroatoms. The Bertz CT molecular complexity index is 936. The second-order valence-electron chi connectivity index (χ2n) is 6.90. The van der Waals surface area contributed by atoms with E-state index >= 15 is 0 Å². The fourth-order valence-corrected chi connectivity index (χ4v) is 3.02. The Morgan fingerprint density at radius 2 is 1.61 bits per heavy atom. The molecule has 0 N–H and O–H groups in total. The molecule has 23 heavy (non-hydrogen) atoms. The Labute approximate surface area is 135 Å². The van der Waals surface area contributed by atoms with Gasteiger partial charge in [0.2, 0.25) is 0 Å². The summed E-state index contributed by atoms with van der Waals surface area (Å²) in [5.41, 5.74) is 3.64. The molecule has 0 fully saturated rings. The van der Waals surface area contributed by atoms with Crippen LogP contribution in [0.2, 0.25) is 0 Å². The minimum atomic E-state index is 0.107. The van der Waals surface area contributed by atoms with Crippen LogP contribution in [0.3, 0.4) is 0 Å². The summed E-state index contributed by atoms with van der Waals surface area (Å²) in [4.78, 5) is 9.01. The molecule has 0 saturated carbocycles. The summed E-state index contributed by atoms with van der Waals surface area (Å²) in [6.07, 6.45) is 5.75. The number of fused-ring (bicyclic) bond motifs is 3. The number of para-hydroxylation sites is 1. The molecule has 3 nitrogen and oxygen atoms in total. The van der Waals surface area contributed by atoms with E-state index in [0.717, 1.165) is 22.2 Å². The molecule has 4 aromatic rings. The molecule has 0 amide bonds. The zero-order valence-corrected chi connectivity index (χ0v) is 13.6. The van der Waals surface area contributed by atoms with Crippen molar-refractivity contribution in [3.8, 4) is 5.82 Å². The zero-order valence-electron chi connectivity index (χ0n) is 13.6. The van der Waals surface area contributed by atoms with Crippen LogP contribution in [0, 0.1) is 0 Å². The third-order valence-electron chi connectivity index (χ3n) is 4.32.